The lowest BCUT2D eigenvalue weighted by molar-refractivity contribution is -0.142. The molecule has 1 aliphatic rings. The fourth-order valence-corrected chi connectivity index (χ4v) is 4.29. The zero-order valence-corrected chi connectivity index (χ0v) is 15.6. The SMILES string of the molecule is Cc1c(CNCCN)sc2c1c(=O)n(CC(F)(F)F)c(=O)n2CC1CCO1. The monoisotopic (exact) mass is 406 g/mol. The Morgan fingerprint density at radius 3 is 2.59 bits per heavy atom. The Hall–Kier alpha value is -1.69. The van der Waals surface area contributed by atoms with E-state index in [0.717, 1.165) is 11.3 Å². The number of halogens is 3. The summed E-state index contributed by atoms with van der Waals surface area (Å²) in [4.78, 5) is 26.6. The van der Waals surface area contributed by atoms with Crippen LogP contribution in [0.1, 0.15) is 16.9 Å². The van der Waals surface area contributed by atoms with Gasteiger partial charge in [-0.1, -0.05) is 0 Å². The fraction of sp³-hybridized carbons (Fsp3) is 0.625. The van der Waals surface area contributed by atoms with Crippen LogP contribution in [0.4, 0.5) is 13.2 Å². The Kier molecular flexibility index (Phi) is 5.75. The molecule has 0 aromatic carbocycles. The van der Waals surface area contributed by atoms with Gasteiger partial charge in [0.25, 0.3) is 5.56 Å². The first-order chi connectivity index (χ1) is 12.7. The number of thiophene rings is 1. The molecule has 1 atom stereocenters. The first-order valence-electron chi connectivity index (χ1n) is 8.57. The molecule has 0 aliphatic carbocycles. The van der Waals surface area contributed by atoms with Crippen molar-refractivity contribution in [3.63, 3.8) is 0 Å². The molecule has 150 valence electrons. The molecular formula is C16H21F3N4O3S. The zero-order valence-electron chi connectivity index (χ0n) is 14.8. The van der Waals surface area contributed by atoms with E-state index < -0.39 is 24.0 Å². The number of rotatable bonds is 7. The van der Waals surface area contributed by atoms with Gasteiger partial charge in [0.05, 0.1) is 18.0 Å². The molecule has 27 heavy (non-hydrogen) atoms. The van der Waals surface area contributed by atoms with Gasteiger partial charge < -0.3 is 15.8 Å². The van der Waals surface area contributed by atoms with E-state index in [0.29, 0.717) is 36.6 Å². The zero-order chi connectivity index (χ0) is 19.8. The van der Waals surface area contributed by atoms with Crippen LogP contribution < -0.4 is 22.3 Å². The smallest absolute Gasteiger partial charge is 0.376 e. The molecule has 3 rings (SSSR count). The van der Waals surface area contributed by atoms with E-state index in [2.05, 4.69) is 5.32 Å². The van der Waals surface area contributed by atoms with Gasteiger partial charge in [-0.25, -0.2) is 4.79 Å². The van der Waals surface area contributed by atoms with Gasteiger partial charge >= 0.3 is 11.9 Å². The van der Waals surface area contributed by atoms with Crippen molar-refractivity contribution < 1.29 is 17.9 Å². The molecule has 11 heteroatoms. The largest absolute Gasteiger partial charge is 0.406 e. The van der Waals surface area contributed by atoms with Crippen LogP contribution >= 0.6 is 11.3 Å². The van der Waals surface area contributed by atoms with Crippen LogP contribution in [0, 0.1) is 6.92 Å². The summed E-state index contributed by atoms with van der Waals surface area (Å²) in [7, 11) is 0. The number of aromatic nitrogens is 2. The van der Waals surface area contributed by atoms with Crippen molar-refractivity contribution in [2.45, 2.75) is 45.3 Å². The highest BCUT2D eigenvalue weighted by atomic mass is 32.1. The second-order valence-electron chi connectivity index (χ2n) is 6.48. The number of ether oxygens (including phenoxy) is 1. The minimum absolute atomic E-state index is 0.128. The highest BCUT2D eigenvalue weighted by Gasteiger charge is 2.32. The number of nitrogens with zero attached hydrogens (tertiary/aromatic N) is 2. The molecule has 0 radical (unpaired) electrons. The minimum atomic E-state index is -4.67. The topological polar surface area (TPSA) is 91.3 Å². The molecule has 3 heterocycles. The summed E-state index contributed by atoms with van der Waals surface area (Å²) in [6, 6.07) is 0. The van der Waals surface area contributed by atoms with E-state index in [9.17, 15) is 22.8 Å². The molecule has 7 nitrogen and oxygen atoms in total. The second-order valence-corrected chi connectivity index (χ2v) is 7.56. The van der Waals surface area contributed by atoms with Gasteiger partial charge in [-0.2, -0.15) is 13.2 Å². The van der Waals surface area contributed by atoms with E-state index in [1.807, 2.05) is 0 Å². The molecule has 0 saturated carbocycles. The van der Waals surface area contributed by atoms with Crippen molar-refractivity contribution in [3.05, 3.63) is 31.3 Å². The van der Waals surface area contributed by atoms with Crippen LogP contribution in [0.2, 0.25) is 0 Å². The molecule has 3 N–H and O–H groups in total. The summed E-state index contributed by atoms with van der Waals surface area (Å²) in [6.07, 6.45) is -4.18. The van der Waals surface area contributed by atoms with Crippen molar-refractivity contribution in [2.24, 2.45) is 5.73 Å². The van der Waals surface area contributed by atoms with Gasteiger partial charge in [-0.05, 0) is 18.9 Å². The van der Waals surface area contributed by atoms with Crippen LogP contribution in [0.15, 0.2) is 9.59 Å². The van der Waals surface area contributed by atoms with Crippen LogP contribution in [0.5, 0.6) is 0 Å². The standard InChI is InChI=1S/C16H21F3N4O3S/c1-9-11(6-21-4-3-20)27-14-12(9)13(24)23(8-16(17,18)19)15(25)22(14)7-10-2-5-26-10/h10,21H,2-8,20H2,1H3. The summed E-state index contributed by atoms with van der Waals surface area (Å²) < 4.78 is 45.7. The molecule has 1 fully saturated rings. The third kappa shape index (κ3) is 4.10. The molecule has 0 amide bonds. The van der Waals surface area contributed by atoms with Crippen molar-refractivity contribution in [2.75, 3.05) is 19.7 Å². The lowest BCUT2D eigenvalue weighted by Gasteiger charge is -2.27. The van der Waals surface area contributed by atoms with Crippen molar-refractivity contribution >= 4 is 21.6 Å². The summed E-state index contributed by atoms with van der Waals surface area (Å²) in [5, 5.41) is 3.27. The van der Waals surface area contributed by atoms with Gasteiger partial charge in [-0.3, -0.25) is 13.9 Å². The third-order valence-corrected chi connectivity index (χ3v) is 5.83. The van der Waals surface area contributed by atoms with Crippen LogP contribution in [0.25, 0.3) is 10.2 Å². The second kappa shape index (κ2) is 7.74. The van der Waals surface area contributed by atoms with Crippen LogP contribution in [0.3, 0.4) is 0 Å². The Balaban J connectivity index is 2.17. The number of nitrogens with one attached hydrogen (secondary N) is 1. The first-order valence-corrected chi connectivity index (χ1v) is 9.39. The average molecular weight is 406 g/mol. The van der Waals surface area contributed by atoms with Crippen molar-refractivity contribution in [1.29, 1.82) is 0 Å². The predicted octanol–water partition coefficient (Wildman–Crippen LogP) is 0.933. The molecule has 0 spiro atoms. The summed E-state index contributed by atoms with van der Waals surface area (Å²) >= 11 is 1.24. The fourth-order valence-electron chi connectivity index (χ4n) is 3.02. The van der Waals surface area contributed by atoms with Gasteiger partial charge in [0.1, 0.15) is 11.4 Å². The van der Waals surface area contributed by atoms with E-state index >= 15 is 0 Å². The molecule has 2 aromatic heterocycles. The predicted molar refractivity (Wildman–Crippen MR) is 96.3 cm³/mol. The van der Waals surface area contributed by atoms with Crippen molar-refractivity contribution in [3.8, 4) is 0 Å². The van der Waals surface area contributed by atoms with Gasteiger partial charge in [0.2, 0.25) is 0 Å². The quantitative estimate of drug-likeness (QED) is 0.668. The summed E-state index contributed by atoms with van der Waals surface area (Å²) in [6.45, 7) is 2.19. The number of fused-ring (bicyclic) bond motifs is 1. The molecule has 1 unspecified atom stereocenters. The number of alkyl halides is 3. The van der Waals surface area contributed by atoms with Gasteiger partial charge in [0.15, 0.2) is 0 Å². The first kappa shape index (κ1) is 20.1. The lowest BCUT2D eigenvalue weighted by atomic mass is 10.2. The number of hydrogen-bond acceptors (Lipinski definition) is 6. The maximum Gasteiger partial charge on any atom is 0.406 e. The molecule has 1 saturated heterocycles. The Labute approximate surface area is 156 Å². The summed E-state index contributed by atoms with van der Waals surface area (Å²) in [5.41, 5.74) is 4.18. The van der Waals surface area contributed by atoms with E-state index in [1.54, 1.807) is 6.92 Å². The van der Waals surface area contributed by atoms with Crippen LogP contribution in [-0.4, -0.2) is 41.1 Å². The lowest BCUT2D eigenvalue weighted by Crippen LogP contribution is -2.45. The number of nitrogens with two attached hydrogens (primary N) is 1. The Bertz CT molecular complexity index is 943. The number of aryl methyl sites for hydroxylation is 1. The third-order valence-electron chi connectivity index (χ3n) is 4.52. The normalized spacial score (nSPS) is 17.4. The van der Waals surface area contributed by atoms with Crippen LogP contribution in [-0.2, 0) is 24.4 Å². The van der Waals surface area contributed by atoms with E-state index in [1.165, 1.54) is 15.9 Å². The molecule has 0 bridgehead atoms. The summed E-state index contributed by atoms with van der Waals surface area (Å²) in [5.74, 6) is 0. The van der Waals surface area contributed by atoms with Gasteiger partial charge in [0, 0.05) is 31.1 Å². The molecule has 1 aliphatic heterocycles. The average Bonchev–Trinajstić information content (AvgIpc) is 2.86. The maximum atomic E-state index is 12.9. The van der Waals surface area contributed by atoms with Crippen molar-refractivity contribution in [1.82, 2.24) is 14.5 Å². The van der Waals surface area contributed by atoms with E-state index in [-0.39, 0.29) is 22.6 Å². The maximum absolute atomic E-state index is 12.9. The van der Waals surface area contributed by atoms with E-state index in [4.69, 9.17) is 10.5 Å². The highest BCUT2D eigenvalue weighted by molar-refractivity contribution is 7.18. The molecular weight excluding hydrogens is 385 g/mol. The Morgan fingerprint density at radius 2 is 2.04 bits per heavy atom. The number of hydrogen-bond donors (Lipinski definition) is 2. The Morgan fingerprint density at radius 1 is 1.33 bits per heavy atom. The highest BCUT2D eigenvalue weighted by Crippen LogP contribution is 2.29. The van der Waals surface area contributed by atoms with Gasteiger partial charge in [-0.15, -0.1) is 11.3 Å². The minimum Gasteiger partial charge on any atom is -0.376 e. The molecule has 2 aromatic rings.